The van der Waals surface area contributed by atoms with Crippen LogP contribution in [0.3, 0.4) is 0 Å². The lowest BCUT2D eigenvalue weighted by Gasteiger charge is -2.13. The Morgan fingerprint density at radius 3 is 2.77 bits per heavy atom. The van der Waals surface area contributed by atoms with Crippen LogP contribution in [0.1, 0.15) is 24.2 Å². The van der Waals surface area contributed by atoms with Crippen LogP contribution in [-0.2, 0) is 13.1 Å². The smallest absolute Gasteiger partial charge is 0.387 e. The molecule has 0 spiro atoms. The minimum Gasteiger partial charge on any atom is -0.497 e. The summed E-state index contributed by atoms with van der Waals surface area (Å²) in [5.74, 6) is 1.99. The topological polar surface area (TPSA) is 93.8 Å². The number of nitrogens with zero attached hydrogens (tertiary/aromatic N) is 3. The summed E-state index contributed by atoms with van der Waals surface area (Å²) in [4.78, 5) is 8.46. The molecule has 0 aliphatic carbocycles. The first-order valence-corrected chi connectivity index (χ1v) is 7.95. The van der Waals surface area contributed by atoms with Gasteiger partial charge < -0.3 is 24.6 Å². The number of aliphatic imine (C=N–C) groups is 1. The van der Waals surface area contributed by atoms with Gasteiger partial charge in [0.1, 0.15) is 11.5 Å². The van der Waals surface area contributed by atoms with Crippen molar-refractivity contribution in [2.45, 2.75) is 33.5 Å². The first-order valence-electron chi connectivity index (χ1n) is 7.95. The molecule has 26 heavy (non-hydrogen) atoms. The zero-order valence-electron chi connectivity index (χ0n) is 14.8. The van der Waals surface area contributed by atoms with Crippen molar-refractivity contribution in [1.82, 2.24) is 20.8 Å². The third-order valence-corrected chi connectivity index (χ3v) is 3.21. The molecule has 0 aliphatic heterocycles. The standard InChI is InChI=1S/C16H21F2N5O3/c1-4-19-16(21-9-14-22-10(2)23-26-14)20-8-11-7-12(24-3)5-6-13(11)25-15(17)18/h5-7,15H,4,8-9H2,1-3H3,(H2,19,20,21). The van der Waals surface area contributed by atoms with Crippen molar-refractivity contribution in [3.8, 4) is 11.5 Å². The fraction of sp³-hybridized carbons (Fsp3) is 0.438. The molecule has 0 unspecified atom stereocenters. The fourth-order valence-electron chi connectivity index (χ4n) is 2.09. The van der Waals surface area contributed by atoms with Crippen LogP contribution >= 0.6 is 0 Å². The maximum atomic E-state index is 12.6. The Hall–Kier alpha value is -2.91. The number of nitrogens with one attached hydrogen (secondary N) is 2. The van der Waals surface area contributed by atoms with Crippen LogP contribution in [-0.4, -0.2) is 36.4 Å². The maximum absolute atomic E-state index is 12.6. The first-order chi connectivity index (χ1) is 12.5. The van der Waals surface area contributed by atoms with Gasteiger partial charge in [-0.1, -0.05) is 5.16 Å². The Bertz CT molecular complexity index is 736. The van der Waals surface area contributed by atoms with Crippen molar-refractivity contribution >= 4 is 5.96 Å². The number of halogens is 2. The molecule has 10 heteroatoms. The predicted molar refractivity (Wildman–Crippen MR) is 90.3 cm³/mol. The average molecular weight is 369 g/mol. The van der Waals surface area contributed by atoms with Crippen LogP contribution in [0, 0.1) is 6.92 Å². The van der Waals surface area contributed by atoms with Crippen LogP contribution in [0.15, 0.2) is 27.7 Å². The van der Waals surface area contributed by atoms with E-state index >= 15 is 0 Å². The van der Waals surface area contributed by atoms with Gasteiger partial charge in [-0.3, -0.25) is 0 Å². The van der Waals surface area contributed by atoms with Crippen molar-refractivity contribution in [3.05, 3.63) is 35.5 Å². The summed E-state index contributed by atoms with van der Waals surface area (Å²) in [5, 5.41) is 9.78. The molecule has 0 aliphatic rings. The Morgan fingerprint density at radius 1 is 1.35 bits per heavy atom. The van der Waals surface area contributed by atoms with E-state index in [1.165, 1.54) is 13.2 Å². The number of aromatic nitrogens is 2. The van der Waals surface area contributed by atoms with E-state index in [-0.39, 0.29) is 18.8 Å². The normalized spacial score (nSPS) is 11.5. The first kappa shape index (κ1) is 19.4. The predicted octanol–water partition coefficient (Wildman–Crippen LogP) is 2.24. The fourth-order valence-corrected chi connectivity index (χ4v) is 2.09. The van der Waals surface area contributed by atoms with E-state index < -0.39 is 6.61 Å². The van der Waals surface area contributed by atoms with Gasteiger partial charge >= 0.3 is 6.61 Å². The Kier molecular flexibility index (Phi) is 7.12. The van der Waals surface area contributed by atoms with Gasteiger partial charge in [-0.2, -0.15) is 13.8 Å². The lowest BCUT2D eigenvalue weighted by molar-refractivity contribution is -0.0504. The number of methoxy groups -OCH3 is 1. The van der Waals surface area contributed by atoms with E-state index in [1.807, 2.05) is 6.92 Å². The molecule has 0 saturated carbocycles. The molecule has 142 valence electrons. The van der Waals surface area contributed by atoms with Gasteiger partial charge in [0.05, 0.1) is 20.2 Å². The number of benzene rings is 1. The van der Waals surface area contributed by atoms with E-state index in [0.29, 0.717) is 35.5 Å². The zero-order valence-corrected chi connectivity index (χ0v) is 14.8. The summed E-state index contributed by atoms with van der Waals surface area (Å²) in [6.07, 6.45) is 0. The molecule has 0 fully saturated rings. The average Bonchev–Trinajstić information content (AvgIpc) is 3.03. The summed E-state index contributed by atoms with van der Waals surface area (Å²) in [7, 11) is 1.49. The molecule has 1 aromatic carbocycles. The molecule has 1 aromatic heterocycles. The minimum atomic E-state index is -2.92. The van der Waals surface area contributed by atoms with Crippen molar-refractivity contribution in [2.75, 3.05) is 13.7 Å². The van der Waals surface area contributed by atoms with Crippen molar-refractivity contribution in [1.29, 1.82) is 0 Å². The number of guanidine groups is 1. The van der Waals surface area contributed by atoms with Crippen LogP contribution < -0.4 is 20.1 Å². The van der Waals surface area contributed by atoms with Crippen molar-refractivity contribution < 1.29 is 22.8 Å². The summed E-state index contributed by atoms with van der Waals surface area (Å²) >= 11 is 0. The molecule has 0 bridgehead atoms. The highest BCUT2D eigenvalue weighted by atomic mass is 19.3. The molecule has 2 rings (SSSR count). The molecule has 0 saturated heterocycles. The zero-order chi connectivity index (χ0) is 18.9. The second-order valence-corrected chi connectivity index (χ2v) is 5.14. The highest BCUT2D eigenvalue weighted by Crippen LogP contribution is 2.26. The highest BCUT2D eigenvalue weighted by Gasteiger charge is 2.11. The largest absolute Gasteiger partial charge is 0.497 e. The van der Waals surface area contributed by atoms with Gasteiger partial charge in [-0.05, 0) is 32.0 Å². The second kappa shape index (κ2) is 9.54. The van der Waals surface area contributed by atoms with E-state index in [1.54, 1.807) is 19.1 Å². The lowest BCUT2D eigenvalue weighted by atomic mass is 10.2. The van der Waals surface area contributed by atoms with Crippen LogP contribution in [0.5, 0.6) is 11.5 Å². The molecular weight excluding hydrogens is 348 g/mol. The molecule has 2 aromatic rings. The van der Waals surface area contributed by atoms with Gasteiger partial charge in [0.25, 0.3) is 0 Å². The van der Waals surface area contributed by atoms with Gasteiger partial charge in [0.2, 0.25) is 5.89 Å². The third-order valence-electron chi connectivity index (χ3n) is 3.21. The SMILES string of the molecule is CCNC(=NCc1cc(OC)ccc1OC(F)F)NCc1nc(C)no1. The van der Waals surface area contributed by atoms with Crippen LogP contribution in [0.25, 0.3) is 0 Å². The second-order valence-electron chi connectivity index (χ2n) is 5.14. The van der Waals surface area contributed by atoms with Gasteiger partial charge in [-0.25, -0.2) is 4.99 Å². The summed E-state index contributed by atoms with van der Waals surface area (Å²) in [5.41, 5.74) is 0.468. The van der Waals surface area contributed by atoms with Gasteiger partial charge in [0, 0.05) is 12.1 Å². The van der Waals surface area contributed by atoms with Crippen LogP contribution in [0.4, 0.5) is 8.78 Å². The van der Waals surface area contributed by atoms with Crippen LogP contribution in [0.2, 0.25) is 0 Å². The molecule has 0 amide bonds. The number of hydrogen-bond acceptors (Lipinski definition) is 6. The molecule has 1 heterocycles. The number of ether oxygens (including phenoxy) is 2. The molecule has 0 radical (unpaired) electrons. The number of hydrogen-bond donors (Lipinski definition) is 2. The highest BCUT2D eigenvalue weighted by molar-refractivity contribution is 5.79. The molecule has 8 nitrogen and oxygen atoms in total. The number of rotatable bonds is 8. The van der Waals surface area contributed by atoms with Gasteiger partial charge in [0.15, 0.2) is 11.8 Å². The molecule has 0 atom stereocenters. The quantitative estimate of drug-likeness (QED) is 0.544. The lowest BCUT2D eigenvalue weighted by Crippen LogP contribution is -2.36. The van der Waals surface area contributed by atoms with Crippen molar-refractivity contribution in [3.63, 3.8) is 0 Å². The minimum absolute atomic E-state index is 0.0490. The van der Waals surface area contributed by atoms with E-state index in [2.05, 4.69) is 30.5 Å². The third kappa shape index (κ3) is 5.87. The number of alkyl halides is 2. The Labute approximate surface area is 149 Å². The van der Waals surface area contributed by atoms with E-state index in [4.69, 9.17) is 9.26 Å². The maximum Gasteiger partial charge on any atom is 0.387 e. The van der Waals surface area contributed by atoms with Crippen molar-refractivity contribution in [2.24, 2.45) is 4.99 Å². The summed E-state index contributed by atoms with van der Waals surface area (Å²) in [6.45, 7) is 1.72. The molecular formula is C16H21F2N5O3. The summed E-state index contributed by atoms with van der Waals surface area (Å²) in [6, 6.07) is 4.58. The summed E-state index contributed by atoms with van der Waals surface area (Å²) < 4.78 is 39.8. The van der Waals surface area contributed by atoms with E-state index in [9.17, 15) is 8.78 Å². The molecule has 2 N–H and O–H groups in total. The monoisotopic (exact) mass is 369 g/mol. The van der Waals surface area contributed by atoms with E-state index in [0.717, 1.165) is 0 Å². The number of aryl methyl sites for hydroxylation is 1. The van der Waals surface area contributed by atoms with Gasteiger partial charge in [-0.15, -0.1) is 0 Å². The Morgan fingerprint density at radius 2 is 2.15 bits per heavy atom. The Balaban J connectivity index is 2.11.